The monoisotopic (exact) mass is 457 g/mol. The first-order chi connectivity index (χ1) is 16.0. The van der Waals surface area contributed by atoms with Gasteiger partial charge in [-0.3, -0.25) is 9.56 Å². The van der Waals surface area contributed by atoms with Crippen molar-refractivity contribution in [1.82, 2.24) is 14.8 Å². The third-order valence-electron chi connectivity index (χ3n) is 5.76. The lowest BCUT2D eigenvalue weighted by atomic mass is 10.00. The molecule has 0 bridgehead atoms. The largest absolute Gasteiger partial charge is 0.489 e. The van der Waals surface area contributed by atoms with Gasteiger partial charge in [0.05, 0.1) is 11.4 Å². The number of ether oxygens (including phenoxy) is 1. The number of aromatic nitrogens is 3. The van der Waals surface area contributed by atoms with Crippen LogP contribution >= 0.6 is 11.6 Å². The number of hydrogen-bond donors (Lipinski definition) is 1. The van der Waals surface area contributed by atoms with Gasteiger partial charge < -0.3 is 10.5 Å². The fourth-order valence-corrected chi connectivity index (χ4v) is 4.23. The van der Waals surface area contributed by atoms with E-state index in [2.05, 4.69) is 20.8 Å². The van der Waals surface area contributed by atoms with Gasteiger partial charge in [0.1, 0.15) is 24.2 Å². The first-order valence-corrected chi connectivity index (χ1v) is 11.2. The normalized spacial score (nSPS) is 14.8. The molecule has 0 fully saturated rings. The predicted octanol–water partition coefficient (Wildman–Crippen LogP) is 5.18. The van der Waals surface area contributed by atoms with E-state index in [1.54, 1.807) is 0 Å². The van der Waals surface area contributed by atoms with Crippen molar-refractivity contribution in [3.8, 4) is 11.4 Å². The van der Waals surface area contributed by atoms with Gasteiger partial charge in [0.25, 0.3) is 0 Å². The molecule has 0 spiro atoms. The van der Waals surface area contributed by atoms with E-state index in [1.165, 1.54) is 0 Å². The van der Waals surface area contributed by atoms with E-state index in [4.69, 9.17) is 27.1 Å². The topological polar surface area (TPSA) is 78.3 Å². The third-order valence-corrected chi connectivity index (χ3v) is 6.01. The molecule has 0 unspecified atom stereocenters. The van der Waals surface area contributed by atoms with Gasteiger partial charge in [-0.1, -0.05) is 48.0 Å². The Morgan fingerprint density at radius 1 is 1.00 bits per heavy atom. The number of rotatable bonds is 5. The zero-order chi connectivity index (χ0) is 22.9. The minimum Gasteiger partial charge on any atom is -0.489 e. The van der Waals surface area contributed by atoms with Crippen LogP contribution in [0.3, 0.4) is 0 Å². The van der Waals surface area contributed by atoms with Gasteiger partial charge in [0.15, 0.2) is 5.82 Å². The Hall–Kier alpha value is -3.48. The van der Waals surface area contributed by atoms with Crippen LogP contribution in [0.5, 0.6) is 5.75 Å². The molecule has 166 valence electrons. The van der Waals surface area contributed by atoms with Crippen molar-refractivity contribution >= 4 is 17.3 Å². The van der Waals surface area contributed by atoms with Crippen molar-refractivity contribution in [1.29, 1.82) is 0 Å². The highest BCUT2D eigenvalue weighted by Crippen LogP contribution is 2.33. The van der Waals surface area contributed by atoms with Gasteiger partial charge in [-0.2, -0.15) is 0 Å². The third kappa shape index (κ3) is 4.15. The Morgan fingerprint density at radius 2 is 1.79 bits per heavy atom. The fourth-order valence-electron chi connectivity index (χ4n) is 4.11. The van der Waals surface area contributed by atoms with E-state index in [0.29, 0.717) is 18.2 Å². The molecule has 33 heavy (non-hydrogen) atoms. The highest BCUT2D eigenvalue weighted by molar-refractivity contribution is 6.30. The molecule has 0 saturated carbocycles. The number of nitrogens with two attached hydrogens (primary N) is 1. The predicted molar refractivity (Wildman–Crippen MR) is 130 cm³/mol. The van der Waals surface area contributed by atoms with Gasteiger partial charge in [0, 0.05) is 22.7 Å². The smallest absolute Gasteiger partial charge is 0.162 e. The van der Waals surface area contributed by atoms with Gasteiger partial charge >= 0.3 is 0 Å². The number of aryl methyl sites for hydroxylation is 1. The van der Waals surface area contributed by atoms with Crippen LogP contribution in [-0.2, 0) is 13.2 Å². The molecule has 5 rings (SSSR count). The first-order valence-electron chi connectivity index (χ1n) is 10.8. The molecule has 2 N–H and O–H groups in total. The van der Waals surface area contributed by atoms with Crippen molar-refractivity contribution in [2.75, 3.05) is 0 Å². The summed E-state index contributed by atoms with van der Waals surface area (Å²) in [6.45, 7) is 4.94. The van der Waals surface area contributed by atoms with Crippen molar-refractivity contribution in [2.24, 2.45) is 10.7 Å². The second-order valence-electron chi connectivity index (χ2n) is 8.09. The van der Waals surface area contributed by atoms with Crippen molar-refractivity contribution < 1.29 is 4.74 Å². The fraction of sp³-hybridized carbons (Fsp3) is 0.192. The van der Waals surface area contributed by atoms with E-state index < -0.39 is 0 Å². The van der Waals surface area contributed by atoms with Crippen LogP contribution in [0.1, 0.15) is 46.9 Å². The van der Waals surface area contributed by atoms with Crippen LogP contribution in [0.2, 0.25) is 5.02 Å². The van der Waals surface area contributed by atoms with E-state index in [1.807, 2.05) is 74.5 Å². The summed E-state index contributed by atoms with van der Waals surface area (Å²) in [4.78, 5) is 5.03. The van der Waals surface area contributed by atoms with E-state index in [9.17, 15) is 0 Å². The summed E-state index contributed by atoms with van der Waals surface area (Å²) >= 11 is 6.14. The maximum Gasteiger partial charge on any atom is 0.162 e. The minimum absolute atomic E-state index is 0.160. The summed E-state index contributed by atoms with van der Waals surface area (Å²) in [6, 6.07) is 21.8. The van der Waals surface area contributed by atoms with Crippen molar-refractivity contribution in [2.45, 2.75) is 33.0 Å². The average Bonchev–Trinajstić information content (AvgIpc) is 3.17. The molecule has 0 aliphatic carbocycles. The summed E-state index contributed by atoms with van der Waals surface area (Å²) < 4.78 is 8.24. The summed E-state index contributed by atoms with van der Waals surface area (Å²) in [6.07, 6.45) is 0. The Balaban J connectivity index is 1.58. The Labute approximate surface area is 197 Å². The molecule has 0 amide bonds. The average molecular weight is 458 g/mol. The maximum atomic E-state index is 6.17. The molecule has 3 aromatic carbocycles. The second kappa shape index (κ2) is 8.81. The van der Waals surface area contributed by atoms with E-state index >= 15 is 0 Å². The Kier molecular flexibility index (Phi) is 5.70. The molecule has 0 saturated heterocycles. The first kappa shape index (κ1) is 21.4. The van der Waals surface area contributed by atoms with Crippen LogP contribution in [0.15, 0.2) is 71.7 Å². The SMILES string of the molecule is Cc1nnc2n1-c1ccc(OCc3cccc(CN)c3)cc1C(c1ccc(Cl)cc1)=N[C@H]2C. The zero-order valence-corrected chi connectivity index (χ0v) is 19.3. The number of fused-ring (bicyclic) bond motifs is 3. The number of hydrogen-bond acceptors (Lipinski definition) is 5. The van der Waals surface area contributed by atoms with E-state index in [-0.39, 0.29) is 6.04 Å². The molecule has 7 heteroatoms. The van der Waals surface area contributed by atoms with Crippen LogP contribution in [0.4, 0.5) is 0 Å². The molecule has 1 atom stereocenters. The van der Waals surface area contributed by atoms with Crippen molar-refractivity contribution in [3.63, 3.8) is 0 Å². The zero-order valence-electron chi connectivity index (χ0n) is 18.5. The van der Waals surface area contributed by atoms with Crippen LogP contribution in [0.25, 0.3) is 5.69 Å². The summed E-state index contributed by atoms with van der Waals surface area (Å²) in [5.41, 5.74) is 11.7. The number of nitrogens with zero attached hydrogens (tertiary/aromatic N) is 4. The lowest BCUT2D eigenvalue weighted by Crippen LogP contribution is -2.09. The van der Waals surface area contributed by atoms with Crippen LogP contribution < -0.4 is 10.5 Å². The van der Waals surface area contributed by atoms with Gasteiger partial charge in [-0.15, -0.1) is 10.2 Å². The lowest BCUT2D eigenvalue weighted by molar-refractivity contribution is 0.306. The molecular weight excluding hydrogens is 434 g/mol. The molecular formula is C26H24ClN5O. The second-order valence-corrected chi connectivity index (χ2v) is 8.53. The Morgan fingerprint density at radius 3 is 2.58 bits per heavy atom. The number of aliphatic imine (C=N–C) groups is 1. The van der Waals surface area contributed by atoms with Crippen LogP contribution in [0, 0.1) is 6.92 Å². The lowest BCUT2D eigenvalue weighted by Gasteiger charge is -2.15. The Bertz CT molecular complexity index is 1340. The summed E-state index contributed by atoms with van der Waals surface area (Å²) in [7, 11) is 0. The molecule has 6 nitrogen and oxygen atoms in total. The van der Waals surface area contributed by atoms with Gasteiger partial charge in [-0.05, 0) is 55.3 Å². The molecule has 1 aliphatic rings. The van der Waals surface area contributed by atoms with Crippen molar-refractivity contribution in [3.05, 3.63) is 106 Å². The standard InChI is InChI=1S/C26H24ClN5O/c1-16-26-31-30-17(2)32(26)24-11-10-22(33-15-19-5-3-4-18(12-19)14-28)13-23(24)25(29-16)20-6-8-21(27)9-7-20/h3-13,16H,14-15,28H2,1-2H3/t16-/m0/s1. The highest BCUT2D eigenvalue weighted by atomic mass is 35.5. The highest BCUT2D eigenvalue weighted by Gasteiger charge is 2.26. The van der Waals surface area contributed by atoms with E-state index in [0.717, 1.165) is 51.1 Å². The van der Waals surface area contributed by atoms with Gasteiger partial charge in [0.2, 0.25) is 0 Å². The van der Waals surface area contributed by atoms with Crippen LogP contribution in [-0.4, -0.2) is 20.5 Å². The molecule has 2 heterocycles. The number of halogens is 1. The molecule has 4 aromatic rings. The van der Waals surface area contributed by atoms with Gasteiger partial charge in [-0.25, -0.2) is 0 Å². The summed E-state index contributed by atoms with van der Waals surface area (Å²) in [5, 5.41) is 9.38. The maximum absolute atomic E-state index is 6.17. The molecule has 1 aromatic heterocycles. The number of benzene rings is 3. The molecule has 1 aliphatic heterocycles. The summed E-state index contributed by atoms with van der Waals surface area (Å²) in [5.74, 6) is 2.39. The molecule has 0 radical (unpaired) electrons. The minimum atomic E-state index is -0.160. The quantitative estimate of drug-likeness (QED) is 0.448.